The van der Waals surface area contributed by atoms with Crippen molar-refractivity contribution in [3.63, 3.8) is 0 Å². The second-order valence-electron chi connectivity index (χ2n) is 3.59. The van der Waals surface area contributed by atoms with Crippen LogP contribution in [0.25, 0.3) is 0 Å². The predicted molar refractivity (Wildman–Crippen MR) is 77.8 cm³/mol. The van der Waals surface area contributed by atoms with E-state index in [2.05, 4.69) is 43.0 Å². The van der Waals surface area contributed by atoms with Gasteiger partial charge in [0, 0.05) is 21.8 Å². The summed E-state index contributed by atoms with van der Waals surface area (Å²) in [4.78, 5) is 5.41. The van der Waals surface area contributed by atoms with Gasteiger partial charge in [-0.3, -0.25) is 4.99 Å². The summed E-state index contributed by atoms with van der Waals surface area (Å²) in [6.45, 7) is 1.38. The fraction of sp³-hybridized carbons (Fsp3) is 0.250. The number of halogens is 1. The highest BCUT2D eigenvalue weighted by Gasteiger charge is 2.01. The Kier molecular flexibility index (Phi) is 4.83. The minimum absolute atomic E-state index is 0.626. The van der Waals surface area contributed by atoms with Gasteiger partial charge in [0.1, 0.15) is 5.76 Å². The van der Waals surface area contributed by atoms with Crippen molar-refractivity contribution in [3.8, 4) is 0 Å². The smallest absolute Gasteiger partial charge is 0.191 e. The van der Waals surface area contributed by atoms with E-state index in [9.17, 15) is 0 Å². The Bertz CT molecular complexity index is 507. The Labute approximate surface area is 118 Å². The average Bonchev–Trinajstić information content (AvgIpc) is 3.01. The third-order valence-corrected chi connectivity index (χ3v) is 3.98. The molecule has 0 aliphatic carbocycles. The molecule has 0 amide bonds. The molecule has 2 rings (SSSR count). The molecule has 2 aromatic heterocycles. The molecule has 0 bridgehead atoms. The van der Waals surface area contributed by atoms with Crippen LogP contribution in [0.15, 0.2) is 43.7 Å². The van der Waals surface area contributed by atoms with Crippen LogP contribution in [0.4, 0.5) is 0 Å². The zero-order valence-electron chi connectivity index (χ0n) is 9.94. The van der Waals surface area contributed by atoms with E-state index in [-0.39, 0.29) is 0 Å². The van der Waals surface area contributed by atoms with Crippen LogP contribution in [0.3, 0.4) is 0 Å². The molecular weight excluding hydrogens is 314 g/mol. The van der Waals surface area contributed by atoms with Gasteiger partial charge in [0.25, 0.3) is 0 Å². The van der Waals surface area contributed by atoms with Crippen LogP contribution in [0.5, 0.6) is 0 Å². The molecule has 0 radical (unpaired) electrons. The van der Waals surface area contributed by atoms with Crippen molar-refractivity contribution < 1.29 is 4.42 Å². The first-order chi connectivity index (χ1) is 8.78. The largest absolute Gasteiger partial charge is 0.467 e. The number of rotatable bonds is 4. The maximum absolute atomic E-state index is 5.25. The molecule has 2 N–H and O–H groups in total. The van der Waals surface area contributed by atoms with Gasteiger partial charge in [-0.25, -0.2) is 0 Å². The minimum Gasteiger partial charge on any atom is -0.467 e. The Morgan fingerprint density at radius 3 is 2.89 bits per heavy atom. The Morgan fingerprint density at radius 2 is 2.28 bits per heavy atom. The Balaban J connectivity index is 1.79. The van der Waals surface area contributed by atoms with Crippen molar-refractivity contribution >= 4 is 33.2 Å². The third-order valence-electron chi connectivity index (χ3n) is 2.29. The van der Waals surface area contributed by atoms with Crippen molar-refractivity contribution in [3.05, 3.63) is 45.0 Å². The summed E-state index contributed by atoms with van der Waals surface area (Å²) in [7, 11) is 1.75. The van der Waals surface area contributed by atoms with Crippen molar-refractivity contribution in [2.24, 2.45) is 4.99 Å². The molecule has 0 fully saturated rings. The number of nitrogens with one attached hydrogen (secondary N) is 2. The highest BCUT2D eigenvalue weighted by Crippen LogP contribution is 2.19. The van der Waals surface area contributed by atoms with Gasteiger partial charge in [-0.2, -0.15) is 0 Å². The third kappa shape index (κ3) is 3.89. The molecule has 18 heavy (non-hydrogen) atoms. The molecule has 0 aliphatic heterocycles. The summed E-state index contributed by atoms with van der Waals surface area (Å²) < 4.78 is 6.36. The first-order valence-corrected chi connectivity index (χ1v) is 7.15. The first-order valence-electron chi connectivity index (χ1n) is 5.48. The standard InChI is InChI=1S/C12H14BrN3OS/c1-14-12(15-6-10-3-2-4-17-10)16-7-11-5-9(13)8-18-11/h2-5,8H,6-7H2,1H3,(H2,14,15,16). The molecule has 2 heterocycles. The van der Waals surface area contributed by atoms with E-state index in [0.717, 1.165) is 22.7 Å². The summed E-state index contributed by atoms with van der Waals surface area (Å²) in [6, 6.07) is 5.89. The Hall–Kier alpha value is -1.27. The lowest BCUT2D eigenvalue weighted by molar-refractivity contribution is 0.501. The fourth-order valence-electron chi connectivity index (χ4n) is 1.42. The fourth-order valence-corrected chi connectivity index (χ4v) is 2.81. The molecule has 0 aliphatic rings. The van der Waals surface area contributed by atoms with Crippen molar-refractivity contribution in [2.45, 2.75) is 13.1 Å². The van der Waals surface area contributed by atoms with Crippen molar-refractivity contribution in [1.82, 2.24) is 10.6 Å². The lowest BCUT2D eigenvalue weighted by Gasteiger charge is -2.09. The van der Waals surface area contributed by atoms with Crippen LogP contribution in [0, 0.1) is 0 Å². The van der Waals surface area contributed by atoms with E-state index in [1.807, 2.05) is 12.1 Å². The molecular formula is C12H14BrN3OS. The average molecular weight is 328 g/mol. The van der Waals surface area contributed by atoms with Gasteiger partial charge < -0.3 is 15.1 Å². The van der Waals surface area contributed by atoms with Crippen LogP contribution in [-0.2, 0) is 13.1 Å². The lowest BCUT2D eigenvalue weighted by Crippen LogP contribution is -2.36. The van der Waals surface area contributed by atoms with Gasteiger partial charge in [0.15, 0.2) is 5.96 Å². The van der Waals surface area contributed by atoms with E-state index in [4.69, 9.17) is 4.42 Å². The van der Waals surface area contributed by atoms with Gasteiger partial charge in [-0.05, 0) is 34.1 Å². The van der Waals surface area contributed by atoms with E-state index in [1.165, 1.54) is 4.88 Å². The van der Waals surface area contributed by atoms with Crippen LogP contribution in [0.2, 0.25) is 0 Å². The van der Waals surface area contributed by atoms with E-state index < -0.39 is 0 Å². The van der Waals surface area contributed by atoms with Gasteiger partial charge in [0.05, 0.1) is 19.4 Å². The second-order valence-corrected chi connectivity index (χ2v) is 5.50. The molecule has 0 aromatic carbocycles. The monoisotopic (exact) mass is 327 g/mol. The SMILES string of the molecule is CN=C(NCc1ccco1)NCc1cc(Br)cs1. The lowest BCUT2D eigenvalue weighted by atomic mass is 10.4. The van der Waals surface area contributed by atoms with E-state index >= 15 is 0 Å². The minimum atomic E-state index is 0.626. The summed E-state index contributed by atoms with van der Waals surface area (Å²) in [5.41, 5.74) is 0. The number of guanidine groups is 1. The highest BCUT2D eigenvalue weighted by molar-refractivity contribution is 9.10. The number of thiophene rings is 1. The molecule has 0 saturated carbocycles. The maximum Gasteiger partial charge on any atom is 0.191 e. The van der Waals surface area contributed by atoms with Gasteiger partial charge >= 0.3 is 0 Å². The van der Waals surface area contributed by atoms with Gasteiger partial charge in [-0.15, -0.1) is 11.3 Å². The predicted octanol–water partition coefficient (Wildman–Crippen LogP) is 2.97. The zero-order valence-corrected chi connectivity index (χ0v) is 12.3. The molecule has 4 nitrogen and oxygen atoms in total. The number of furan rings is 1. The quantitative estimate of drug-likeness (QED) is 0.670. The van der Waals surface area contributed by atoms with E-state index in [1.54, 1.807) is 24.6 Å². The molecule has 96 valence electrons. The Morgan fingerprint density at radius 1 is 1.44 bits per heavy atom. The van der Waals surface area contributed by atoms with Gasteiger partial charge in [0.2, 0.25) is 0 Å². The molecule has 0 unspecified atom stereocenters. The van der Waals surface area contributed by atoms with Crippen molar-refractivity contribution in [1.29, 1.82) is 0 Å². The van der Waals surface area contributed by atoms with Crippen molar-refractivity contribution in [2.75, 3.05) is 7.05 Å². The number of hydrogen-bond acceptors (Lipinski definition) is 3. The summed E-state index contributed by atoms with van der Waals surface area (Å²) in [5, 5.41) is 8.50. The molecule has 0 atom stereocenters. The van der Waals surface area contributed by atoms with E-state index in [0.29, 0.717) is 6.54 Å². The molecule has 0 saturated heterocycles. The van der Waals surface area contributed by atoms with Crippen LogP contribution >= 0.6 is 27.3 Å². The summed E-state index contributed by atoms with van der Waals surface area (Å²) in [6.07, 6.45) is 1.66. The van der Waals surface area contributed by atoms with Gasteiger partial charge in [-0.1, -0.05) is 0 Å². The summed E-state index contributed by atoms with van der Waals surface area (Å²) in [5.74, 6) is 1.65. The maximum atomic E-state index is 5.25. The molecule has 0 spiro atoms. The van der Waals surface area contributed by atoms with Crippen LogP contribution in [-0.4, -0.2) is 13.0 Å². The topological polar surface area (TPSA) is 49.6 Å². The zero-order chi connectivity index (χ0) is 12.8. The number of nitrogens with zero attached hydrogens (tertiary/aromatic N) is 1. The number of aliphatic imine (C=N–C) groups is 1. The van der Waals surface area contributed by atoms with Crippen LogP contribution in [0.1, 0.15) is 10.6 Å². The summed E-state index contributed by atoms with van der Waals surface area (Å²) >= 11 is 5.14. The highest BCUT2D eigenvalue weighted by atomic mass is 79.9. The number of hydrogen-bond donors (Lipinski definition) is 2. The first kappa shape index (κ1) is 13.2. The molecule has 2 aromatic rings. The van der Waals surface area contributed by atoms with Crippen LogP contribution < -0.4 is 10.6 Å². The normalized spacial score (nSPS) is 11.6. The molecule has 6 heteroatoms. The second kappa shape index (κ2) is 6.61.